The van der Waals surface area contributed by atoms with Crippen molar-refractivity contribution >= 4 is 22.9 Å². The maximum absolute atomic E-state index is 12.1. The molecule has 0 aliphatic heterocycles. The number of nitrogens with zero attached hydrogens (tertiary/aromatic N) is 2. The summed E-state index contributed by atoms with van der Waals surface area (Å²) in [6.45, 7) is 5.95. The van der Waals surface area contributed by atoms with Gasteiger partial charge in [0.05, 0.1) is 17.2 Å². The first-order valence-corrected chi connectivity index (χ1v) is 8.36. The Hall–Kier alpha value is -2.48. The van der Waals surface area contributed by atoms with Gasteiger partial charge in [0.1, 0.15) is 6.54 Å². The van der Waals surface area contributed by atoms with Gasteiger partial charge in [-0.15, -0.1) is 11.3 Å². The highest BCUT2D eigenvalue weighted by Crippen LogP contribution is 2.27. The summed E-state index contributed by atoms with van der Waals surface area (Å²) in [4.78, 5) is 35.9. The molecule has 0 radical (unpaired) electrons. The van der Waals surface area contributed by atoms with Crippen LogP contribution in [0.1, 0.15) is 35.2 Å². The van der Waals surface area contributed by atoms with Crippen molar-refractivity contribution in [3.05, 3.63) is 60.2 Å². The quantitative estimate of drug-likeness (QED) is 0.640. The van der Waals surface area contributed by atoms with E-state index in [0.29, 0.717) is 0 Å². The van der Waals surface area contributed by atoms with Crippen LogP contribution in [0.25, 0.3) is 0 Å². The number of pyridine rings is 1. The van der Waals surface area contributed by atoms with E-state index in [-0.39, 0.29) is 18.5 Å². The van der Waals surface area contributed by atoms with E-state index in [2.05, 4.69) is 18.3 Å². The number of nitrogens with one attached hydrogen (secondary N) is 1. The average molecular weight is 349 g/mol. The van der Waals surface area contributed by atoms with Gasteiger partial charge in [0, 0.05) is 22.0 Å². The molecule has 0 saturated heterocycles. The molecule has 0 aromatic carbocycles. The molecule has 2 heterocycles. The van der Waals surface area contributed by atoms with Crippen LogP contribution in [0.15, 0.2) is 29.3 Å². The van der Waals surface area contributed by atoms with Crippen LogP contribution in [0, 0.1) is 17.0 Å². The van der Waals surface area contributed by atoms with Crippen molar-refractivity contribution in [2.45, 2.75) is 39.8 Å². The molecular weight excluding hydrogens is 330 g/mol. The standard InChI is InChI=1S/C16H19N3O4S/c1-4-14-10(2)7-15(24-14)11(3)17-16(21)9-18-6-5-13(20)12(8-18)19(22)23/h5-8,11H,4,9H2,1-3H3,(H,17,21). The van der Waals surface area contributed by atoms with Crippen LogP contribution in [-0.4, -0.2) is 15.4 Å². The van der Waals surface area contributed by atoms with Crippen molar-refractivity contribution in [3.8, 4) is 0 Å². The predicted octanol–water partition coefficient (Wildman–Crippen LogP) is 2.57. The van der Waals surface area contributed by atoms with Gasteiger partial charge in [-0.05, 0) is 31.9 Å². The first kappa shape index (κ1) is 17.9. The van der Waals surface area contributed by atoms with Crippen LogP contribution >= 0.6 is 11.3 Å². The first-order valence-electron chi connectivity index (χ1n) is 7.54. The van der Waals surface area contributed by atoms with Crippen molar-refractivity contribution in [1.29, 1.82) is 0 Å². The highest BCUT2D eigenvalue weighted by molar-refractivity contribution is 7.12. The average Bonchev–Trinajstić information content (AvgIpc) is 2.90. The fourth-order valence-electron chi connectivity index (χ4n) is 2.38. The molecule has 128 valence electrons. The molecule has 7 nitrogen and oxygen atoms in total. The van der Waals surface area contributed by atoms with E-state index in [1.807, 2.05) is 13.8 Å². The number of carbonyl (C=O) groups is 1. The lowest BCUT2D eigenvalue weighted by atomic mass is 10.2. The van der Waals surface area contributed by atoms with Crippen LogP contribution in [0.4, 0.5) is 5.69 Å². The number of hydrogen-bond acceptors (Lipinski definition) is 5. The Bertz CT molecular complexity index is 825. The molecule has 0 aliphatic rings. The number of aryl methyl sites for hydroxylation is 2. The van der Waals surface area contributed by atoms with Gasteiger partial charge >= 0.3 is 5.69 Å². The molecule has 0 spiro atoms. The summed E-state index contributed by atoms with van der Waals surface area (Å²) in [6.07, 6.45) is 3.40. The molecule has 8 heteroatoms. The summed E-state index contributed by atoms with van der Waals surface area (Å²) in [6, 6.07) is 3.01. The summed E-state index contributed by atoms with van der Waals surface area (Å²) in [7, 11) is 0. The lowest BCUT2D eigenvalue weighted by molar-refractivity contribution is -0.386. The number of amides is 1. The third-order valence-electron chi connectivity index (χ3n) is 3.65. The minimum Gasteiger partial charge on any atom is -0.347 e. The Balaban J connectivity index is 2.06. The Morgan fingerprint density at radius 1 is 1.50 bits per heavy atom. The minimum atomic E-state index is -0.750. The lowest BCUT2D eigenvalue weighted by Gasteiger charge is -2.13. The van der Waals surface area contributed by atoms with Crippen molar-refractivity contribution in [2.75, 3.05) is 0 Å². The van der Waals surface area contributed by atoms with Gasteiger partial charge in [0.2, 0.25) is 5.91 Å². The molecule has 0 aliphatic carbocycles. The third-order valence-corrected chi connectivity index (χ3v) is 5.21. The van der Waals surface area contributed by atoms with Gasteiger partial charge in [-0.2, -0.15) is 0 Å². The predicted molar refractivity (Wildman–Crippen MR) is 92.3 cm³/mol. The van der Waals surface area contributed by atoms with Crippen LogP contribution in [-0.2, 0) is 17.8 Å². The van der Waals surface area contributed by atoms with E-state index in [1.165, 1.54) is 21.2 Å². The number of nitro groups is 1. The zero-order valence-corrected chi connectivity index (χ0v) is 14.6. The van der Waals surface area contributed by atoms with Gasteiger partial charge in [-0.3, -0.25) is 19.7 Å². The topological polar surface area (TPSA) is 94.2 Å². The van der Waals surface area contributed by atoms with E-state index in [1.54, 1.807) is 11.3 Å². The molecule has 0 fully saturated rings. The fraction of sp³-hybridized carbons (Fsp3) is 0.375. The molecule has 1 atom stereocenters. The van der Waals surface area contributed by atoms with E-state index < -0.39 is 16.0 Å². The summed E-state index contributed by atoms with van der Waals surface area (Å²) in [5.41, 5.74) is 0.000586. The second-order valence-electron chi connectivity index (χ2n) is 5.52. The summed E-state index contributed by atoms with van der Waals surface area (Å²) >= 11 is 1.67. The van der Waals surface area contributed by atoms with Crippen molar-refractivity contribution in [2.24, 2.45) is 0 Å². The zero-order chi connectivity index (χ0) is 17.9. The second-order valence-corrected chi connectivity index (χ2v) is 6.69. The van der Waals surface area contributed by atoms with Gasteiger partial charge in [-0.1, -0.05) is 6.92 Å². The number of rotatable bonds is 6. The third kappa shape index (κ3) is 4.08. The SMILES string of the molecule is CCc1sc(C(C)NC(=O)Cn2ccc(=O)c([N+](=O)[O-])c2)cc1C. The Labute approximate surface area is 143 Å². The van der Waals surface area contributed by atoms with Crippen LogP contribution in [0.2, 0.25) is 0 Å². The number of hydrogen-bond donors (Lipinski definition) is 1. The summed E-state index contributed by atoms with van der Waals surface area (Å²) in [5.74, 6) is -0.274. The second kappa shape index (κ2) is 7.39. The molecule has 2 rings (SSSR count). The van der Waals surface area contributed by atoms with Crippen molar-refractivity contribution in [1.82, 2.24) is 9.88 Å². The monoisotopic (exact) mass is 349 g/mol. The minimum absolute atomic E-state index is 0.0869. The molecule has 2 aromatic rings. The normalized spacial score (nSPS) is 12.0. The van der Waals surface area contributed by atoms with Gasteiger partial charge in [0.15, 0.2) is 0 Å². The van der Waals surface area contributed by atoms with Gasteiger partial charge in [0.25, 0.3) is 5.43 Å². The molecular formula is C16H19N3O4S. The molecule has 24 heavy (non-hydrogen) atoms. The largest absolute Gasteiger partial charge is 0.347 e. The number of thiophene rings is 1. The summed E-state index contributed by atoms with van der Waals surface area (Å²) in [5, 5.41) is 13.7. The Morgan fingerprint density at radius 2 is 2.21 bits per heavy atom. The Morgan fingerprint density at radius 3 is 2.79 bits per heavy atom. The molecule has 0 saturated carbocycles. The van der Waals surface area contributed by atoms with Crippen LogP contribution in [0.5, 0.6) is 0 Å². The summed E-state index contributed by atoms with van der Waals surface area (Å²) < 4.78 is 1.33. The van der Waals surface area contributed by atoms with E-state index in [9.17, 15) is 19.7 Å². The van der Waals surface area contributed by atoms with E-state index in [0.717, 1.165) is 23.6 Å². The van der Waals surface area contributed by atoms with Crippen molar-refractivity contribution in [3.63, 3.8) is 0 Å². The molecule has 1 unspecified atom stereocenters. The molecule has 1 N–H and O–H groups in total. The Kier molecular flexibility index (Phi) is 5.50. The lowest BCUT2D eigenvalue weighted by Crippen LogP contribution is -2.30. The zero-order valence-electron chi connectivity index (χ0n) is 13.7. The van der Waals surface area contributed by atoms with Crippen molar-refractivity contribution < 1.29 is 9.72 Å². The first-order chi connectivity index (χ1) is 11.3. The van der Waals surface area contributed by atoms with Gasteiger partial charge < -0.3 is 9.88 Å². The maximum Gasteiger partial charge on any atom is 0.332 e. The van der Waals surface area contributed by atoms with Crippen LogP contribution < -0.4 is 10.7 Å². The maximum atomic E-state index is 12.1. The van der Waals surface area contributed by atoms with E-state index >= 15 is 0 Å². The molecule has 0 bridgehead atoms. The van der Waals surface area contributed by atoms with E-state index in [4.69, 9.17) is 0 Å². The molecule has 1 amide bonds. The highest BCUT2D eigenvalue weighted by atomic mass is 32.1. The molecule has 2 aromatic heterocycles. The fourth-order valence-corrected chi connectivity index (χ4v) is 3.50. The van der Waals surface area contributed by atoms with Crippen LogP contribution in [0.3, 0.4) is 0 Å². The van der Waals surface area contributed by atoms with Gasteiger partial charge in [-0.25, -0.2) is 0 Å². The highest BCUT2D eigenvalue weighted by Gasteiger charge is 2.16. The smallest absolute Gasteiger partial charge is 0.332 e. The number of aromatic nitrogens is 1. The number of carbonyl (C=O) groups excluding carboxylic acids is 1.